The van der Waals surface area contributed by atoms with E-state index in [0.29, 0.717) is 35.3 Å². The number of furan rings is 1. The molecule has 1 atom stereocenters. The van der Waals surface area contributed by atoms with E-state index in [4.69, 9.17) is 13.9 Å². The molecule has 0 aliphatic heterocycles. The molecule has 0 unspecified atom stereocenters. The van der Waals surface area contributed by atoms with Crippen LogP contribution in [0.4, 0.5) is 0 Å². The third-order valence-electron chi connectivity index (χ3n) is 6.80. The fourth-order valence-corrected chi connectivity index (χ4v) is 5.10. The minimum atomic E-state index is -0.930. The number of carbonyl (C=O) groups is 3. The van der Waals surface area contributed by atoms with Gasteiger partial charge in [-0.05, 0) is 55.4 Å². The number of hydrogen-bond acceptors (Lipinski definition) is 7. The number of fused-ring (bicyclic) bond motifs is 2. The first kappa shape index (κ1) is 28.9. The number of thioether (sulfide) groups is 1. The summed E-state index contributed by atoms with van der Waals surface area (Å²) in [6, 6.07) is 12.8. The van der Waals surface area contributed by atoms with Crippen molar-refractivity contribution in [2.24, 2.45) is 0 Å². The molecule has 210 valence electrons. The summed E-state index contributed by atoms with van der Waals surface area (Å²) in [5.41, 5.74) is 3.59. The molecular formula is C30H32N2O7S. The maximum atomic E-state index is 12.9. The summed E-state index contributed by atoms with van der Waals surface area (Å²) in [5, 5.41) is 15.9. The molecule has 2 amide bonds. The normalized spacial score (nSPS) is 11.9. The monoisotopic (exact) mass is 564 g/mol. The number of carboxylic acid groups (broad SMARTS) is 1. The predicted octanol–water partition coefficient (Wildman–Crippen LogP) is 4.67. The SMILES string of the molecule is CSCC[C@H](NC(=O)CCc1c(C)c2cc3c(-c4ccccc4)coc3cc2oc1=O)C(=O)NCCCC(=O)O. The third-order valence-corrected chi connectivity index (χ3v) is 7.44. The van der Waals surface area contributed by atoms with Gasteiger partial charge in [0.05, 0.1) is 6.26 Å². The Kier molecular flexibility index (Phi) is 9.65. The topological polar surface area (TPSA) is 139 Å². The quantitative estimate of drug-likeness (QED) is 0.157. The standard InChI is InChI=1S/C30H32N2O7S/c1-18-20(10-11-27(33)32-24(12-14-40-2)29(36)31-13-6-9-28(34)35)30(37)39-26-16-25-22(15-21(18)26)23(17-38-25)19-7-4-3-5-8-19/h3-5,7-8,15-17,24H,6,9-14H2,1-2H3,(H,31,36)(H,32,33)(H,34,35)/t24-/m0/s1. The molecule has 0 saturated carbocycles. The third kappa shape index (κ3) is 6.93. The van der Waals surface area contributed by atoms with Crippen LogP contribution in [-0.4, -0.2) is 47.5 Å². The fraction of sp³-hybridized carbons (Fsp3) is 0.333. The summed E-state index contributed by atoms with van der Waals surface area (Å²) in [4.78, 5) is 49.0. The number of nitrogens with one attached hydrogen (secondary N) is 2. The smallest absolute Gasteiger partial charge is 0.339 e. The number of aliphatic carboxylic acids is 1. The Hall–Kier alpha value is -4.05. The van der Waals surface area contributed by atoms with Crippen molar-refractivity contribution in [1.82, 2.24) is 10.6 Å². The van der Waals surface area contributed by atoms with Crippen LogP contribution in [0.2, 0.25) is 0 Å². The molecule has 0 aliphatic rings. The molecule has 9 nitrogen and oxygen atoms in total. The van der Waals surface area contributed by atoms with Crippen LogP contribution in [0.5, 0.6) is 0 Å². The molecule has 4 aromatic rings. The lowest BCUT2D eigenvalue weighted by Crippen LogP contribution is -2.47. The molecule has 0 radical (unpaired) electrons. The first-order chi connectivity index (χ1) is 19.3. The van der Waals surface area contributed by atoms with Gasteiger partial charge >= 0.3 is 11.6 Å². The Morgan fingerprint density at radius 2 is 1.82 bits per heavy atom. The highest BCUT2D eigenvalue weighted by Crippen LogP contribution is 2.34. The largest absolute Gasteiger partial charge is 0.481 e. The van der Waals surface area contributed by atoms with Crippen LogP contribution < -0.4 is 16.3 Å². The van der Waals surface area contributed by atoms with Gasteiger partial charge in [-0.2, -0.15) is 11.8 Å². The summed E-state index contributed by atoms with van der Waals surface area (Å²) >= 11 is 1.55. The Morgan fingerprint density at radius 1 is 1.05 bits per heavy atom. The van der Waals surface area contributed by atoms with E-state index in [2.05, 4.69) is 10.6 Å². The number of carboxylic acids is 1. The highest BCUT2D eigenvalue weighted by molar-refractivity contribution is 7.98. The second-order valence-corrected chi connectivity index (χ2v) is 10.5. The molecule has 2 aromatic carbocycles. The number of rotatable bonds is 13. The molecule has 10 heteroatoms. The van der Waals surface area contributed by atoms with Crippen molar-refractivity contribution in [3.05, 3.63) is 70.3 Å². The molecule has 0 aliphatic carbocycles. The van der Waals surface area contributed by atoms with E-state index < -0.39 is 17.6 Å². The molecule has 4 rings (SSSR count). The first-order valence-electron chi connectivity index (χ1n) is 13.1. The second-order valence-electron chi connectivity index (χ2n) is 9.54. The van der Waals surface area contributed by atoms with Gasteiger partial charge in [-0.3, -0.25) is 14.4 Å². The lowest BCUT2D eigenvalue weighted by atomic mass is 9.99. The average Bonchev–Trinajstić information content (AvgIpc) is 3.35. The van der Waals surface area contributed by atoms with Gasteiger partial charge in [-0.25, -0.2) is 4.79 Å². The van der Waals surface area contributed by atoms with E-state index in [1.807, 2.05) is 49.6 Å². The van der Waals surface area contributed by atoms with E-state index in [-0.39, 0.29) is 37.6 Å². The van der Waals surface area contributed by atoms with Crippen LogP contribution in [0.3, 0.4) is 0 Å². The summed E-state index contributed by atoms with van der Waals surface area (Å²) < 4.78 is 11.4. The zero-order chi connectivity index (χ0) is 28.6. The van der Waals surface area contributed by atoms with Gasteiger partial charge < -0.3 is 24.6 Å². The lowest BCUT2D eigenvalue weighted by Gasteiger charge is -2.18. The van der Waals surface area contributed by atoms with Gasteiger partial charge in [0.1, 0.15) is 17.2 Å². The van der Waals surface area contributed by atoms with E-state index in [0.717, 1.165) is 27.5 Å². The number of hydrogen-bond donors (Lipinski definition) is 3. The Balaban J connectivity index is 1.49. The summed E-state index contributed by atoms with van der Waals surface area (Å²) in [5.74, 6) is -0.982. The van der Waals surface area contributed by atoms with Crippen molar-refractivity contribution >= 4 is 51.5 Å². The molecule has 0 spiro atoms. The van der Waals surface area contributed by atoms with Gasteiger partial charge in [0.2, 0.25) is 11.8 Å². The van der Waals surface area contributed by atoms with Gasteiger partial charge in [0, 0.05) is 47.4 Å². The maximum Gasteiger partial charge on any atom is 0.339 e. The summed E-state index contributed by atoms with van der Waals surface area (Å²) in [6.07, 6.45) is 4.44. The Morgan fingerprint density at radius 3 is 2.55 bits per heavy atom. The van der Waals surface area contributed by atoms with E-state index in [1.54, 1.807) is 24.1 Å². The molecular weight excluding hydrogens is 532 g/mol. The molecule has 3 N–H and O–H groups in total. The molecule has 0 fully saturated rings. The lowest BCUT2D eigenvalue weighted by molar-refractivity contribution is -0.137. The molecule has 0 bridgehead atoms. The van der Waals surface area contributed by atoms with Crippen molar-refractivity contribution in [1.29, 1.82) is 0 Å². The number of amides is 2. The summed E-state index contributed by atoms with van der Waals surface area (Å²) in [6.45, 7) is 2.05. The Labute approximate surface area is 235 Å². The fourth-order valence-electron chi connectivity index (χ4n) is 4.62. The minimum Gasteiger partial charge on any atom is -0.481 e. The van der Waals surface area contributed by atoms with Crippen molar-refractivity contribution in [2.75, 3.05) is 18.6 Å². The van der Waals surface area contributed by atoms with Crippen molar-refractivity contribution < 1.29 is 28.3 Å². The molecule has 40 heavy (non-hydrogen) atoms. The van der Waals surface area contributed by atoms with Gasteiger partial charge in [-0.15, -0.1) is 0 Å². The molecule has 2 aromatic heterocycles. The van der Waals surface area contributed by atoms with Crippen LogP contribution >= 0.6 is 11.8 Å². The van der Waals surface area contributed by atoms with Crippen molar-refractivity contribution in [3.8, 4) is 11.1 Å². The molecule has 0 saturated heterocycles. The van der Waals surface area contributed by atoms with Crippen LogP contribution in [0.15, 0.2) is 62.4 Å². The first-order valence-corrected chi connectivity index (χ1v) is 14.5. The van der Waals surface area contributed by atoms with E-state index in [9.17, 15) is 19.2 Å². The van der Waals surface area contributed by atoms with Crippen LogP contribution in [-0.2, 0) is 20.8 Å². The maximum absolute atomic E-state index is 12.9. The molecule has 2 heterocycles. The summed E-state index contributed by atoms with van der Waals surface area (Å²) in [7, 11) is 0. The van der Waals surface area contributed by atoms with E-state index >= 15 is 0 Å². The highest BCUT2D eigenvalue weighted by atomic mass is 32.2. The zero-order valence-electron chi connectivity index (χ0n) is 22.5. The predicted molar refractivity (Wildman–Crippen MR) is 156 cm³/mol. The van der Waals surface area contributed by atoms with Crippen LogP contribution in [0.25, 0.3) is 33.1 Å². The van der Waals surface area contributed by atoms with Gasteiger partial charge in [0.15, 0.2) is 0 Å². The van der Waals surface area contributed by atoms with E-state index in [1.165, 1.54) is 0 Å². The minimum absolute atomic E-state index is 0.00237. The number of aryl methyl sites for hydroxylation is 1. The van der Waals surface area contributed by atoms with Crippen molar-refractivity contribution in [2.45, 2.75) is 45.1 Å². The Bertz CT molecular complexity index is 1580. The van der Waals surface area contributed by atoms with Gasteiger partial charge in [0.25, 0.3) is 0 Å². The second kappa shape index (κ2) is 13.3. The number of benzene rings is 2. The van der Waals surface area contributed by atoms with Gasteiger partial charge in [-0.1, -0.05) is 30.3 Å². The van der Waals surface area contributed by atoms with Crippen LogP contribution in [0, 0.1) is 6.92 Å². The zero-order valence-corrected chi connectivity index (χ0v) is 23.3. The number of carbonyl (C=O) groups excluding carboxylic acids is 2. The highest BCUT2D eigenvalue weighted by Gasteiger charge is 2.21. The van der Waals surface area contributed by atoms with Crippen LogP contribution in [0.1, 0.15) is 36.8 Å². The van der Waals surface area contributed by atoms with Crippen molar-refractivity contribution in [3.63, 3.8) is 0 Å². The average molecular weight is 565 g/mol.